The van der Waals surface area contributed by atoms with Gasteiger partial charge in [0.25, 0.3) is 10.0 Å². The smallest absolute Gasteiger partial charge is 0.264 e. The molecule has 13 heteroatoms. The number of ether oxygens (including phenoxy) is 3. The second-order valence-electron chi connectivity index (χ2n) is 10.4. The van der Waals surface area contributed by atoms with Crippen LogP contribution in [0.3, 0.4) is 0 Å². The number of rotatable bonds is 13. The van der Waals surface area contributed by atoms with Crippen LogP contribution in [0.25, 0.3) is 0 Å². The molecule has 1 aliphatic rings. The predicted molar refractivity (Wildman–Crippen MR) is 173 cm³/mol. The average molecular weight is 666 g/mol. The summed E-state index contributed by atoms with van der Waals surface area (Å²) in [6.45, 7) is 2.89. The summed E-state index contributed by atoms with van der Waals surface area (Å²) in [5, 5.41) is 2.70. The Labute approximate surface area is 269 Å². The van der Waals surface area contributed by atoms with Crippen molar-refractivity contribution in [1.29, 1.82) is 0 Å². The van der Waals surface area contributed by atoms with Crippen LogP contribution in [0.5, 0.6) is 17.2 Å². The van der Waals surface area contributed by atoms with Gasteiger partial charge in [-0.2, -0.15) is 4.31 Å². The molecule has 0 radical (unpaired) electrons. The lowest BCUT2D eigenvalue weighted by molar-refractivity contribution is -0.119. The van der Waals surface area contributed by atoms with Crippen molar-refractivity contribution >= 4 is 31.6 Å². The molecule has 1 fully saturated rings. The van der Waals surface area contributed by atoms with Crippen LogP contribution in [0.2, 0.25) is 0 Å². The molecule has 0 aliphatic carbocycles. The summed E-state index contributed by atoms with van der Waals surface area (Å²) in [4.78, 5) is 13.2. The fourth-order valence-electron chi connectivity index (χ4n) is 4.65. The highest BCUT2D eigenvalue weighted by atomic mass is 32.2. The largest absolute Gasteiger partial charge is 0.492 e. The van der Waals surface area contributed by atoms with Crippen molar-refractivity contribution in [3.05, 3.63) is 109 Å². The molecule has 46 heavy (non-hydrogen) atoms. The molecule has 5 rings (SSSR count). The van der Waals surface area contributed by atoms with Crippen molar-refractivity contribution in [2.75, 3.05) is 50.3 Å². The number of anilines is 1. The van der Waals surface area contributed by atoms with Crippen LogP contribution < -0.4 is 19.1 Å². The monoisotopic (exact) mass is 665 g/mol. The quantitative estimate of drug-likeness (QED) is 0.210. The highest BCUT2D eigenvalue weighted by Crippen LogP contribution is 2.28. The first-order chi connectivity index (χ1) is 22.1. The average Bonchev–Trinajstić information content (AvgIpc) is 3.07. The molecule has 242 valence electrons. The molecule has 4 aromatic rings. The fraction of sp³-hybridized carbons (Fsp3) is 0.242. The van der Waals surface area contributed by atoms with E-state index in [4.69, 9.17) is 14.2 Å². The van der Waals surface area contributed by atoms with Crippen LogP contribution in [-0.4, -0.2) is 73.0 Å². The van der Waals surface area contributed by atoms with Crippen molar-refractivity contribution < 1.29 is 35.8 Å². The van der Waals surface area contributed by atoms with Crippen LogP contribution in [0.4, 0.5) is 5.69 Å². The molecule has 0 saturated carbocycles. The minimum absolute atomic E-state index is 0.0536. The molecular weight excluding hydrogens is 631 g/mol. The molecule has 1 aliphatic heterocycles. The number of nitrogens with one attached hydrogen (secondary N) is 1. The van der Waals surface area contributed by atoms with E-state index >= 15 is 0 Å². The third-order valence-electron chi connectivity index (χ3n) is 7.12. The van der Waals surface area contributed by atoms with Gasteiger partial charge in [-0.05, 0) is 79.7 Å². The van der Waals surface area contributed by atoms with Gasteiger partial charge in [0, 0.05) is 13.1 Å². The zero-order chi connectivity index (χ0) is 32.6. The molecule has 11 nitrogen and oxygen atoms in total. The van der Waals surface area contributed by atoms with Crippen molar-refractivity contribution in [3.63, 3.8) is 0 Å². The van der Waals surface area contributed by atoms with Gasteiger partial charge in [-0.15, -0.1) is 0 Å². The summed E-state index contributed by atoms with van der Waals surface area (Å²) in [7, 11) is -7.72. The van der Waals surface area contributed by atoms with Crippen LogP contribution in [0.1, 0.15) is 5.56 Å². The minimum Gasteiger partial charge on any atom is -0.492 e. The first-order valence-corrected chi connectivity index (χ1v) is 17.5. The van der Waals surface area contributed by atoms with E-state index in [1.165, 1.54) is 28.6 Å². The highest BCUT2D eigenvalue weighted by Gasteiger charge is 2.28. The third kappa shape index (κ3) is 8.23. The standard InChI is InChI=1S/C33H35N3O8S2/c1-26-7-15-32(16-8-26)46(40,41)36(27-9-11-30(12-10-27)44-29-5-3-2-4-6-29)25-33(37)34-19-22-43-28-13-17-31(18-14-28)45(38,39)35-20-23-42-24-21-35/h2-18H,19-25H2,1H3,(H,34,37). The Morgan fingerprint density at radius 3 is 2.02 bits per heavy atom. The van der Waals surface area contributed by atoms with E-state index in [2.05, 4.69) is 5.32 Å². The molecule has 1 heterocycles. The lowest BCUT2D eigenvalue weighted by atomic mass is 10.2. The number of para-hydroxylation sites is 1. The Kier molecular flexibility index (Phi) is 10.6. The lowest BCUT2D eigenvalue weighted by Gasteiger charge is -2.26. The first-order valence-electron chi connectivity index (χ1n) is 14.6. The van der Waals surface area contributed by atoms with E-state index in [0.717, 1.165) is 9.87 Å². The molecule has 0 atom stereocenters. The Hall–Kier alpha value is -4.43. The first kappa shape index (κ1) is 32.9. The summed E-state index contributed by atoms with van der Waals surface area (Å²) in [5.74, 6) is 1.04. The number of carbonyl (C=O) groups is 1. The van der Waals surface area contributed by atoms with Gasteiger partial charge in [0.2, 0.25) is 15.9 Å². The fourth-order valence-corrected chi connectivity index (χ4v) is 7.48. The topological polar surface area (TPSA) is 132 Å². The molecule has 1 saturated heterocycles. The van der Waals surface area contributed by atoms with Gasteiger partial charge < -0.3 is 19.5 Å². The normalized spacial score (nSPS) is 13.9. The number of hydrogen-bond donors (Lipinski definition) is 1. The molecule has 1 N–H and O–H groups in total. The third-order valence-corrected chi connectivity index (χ3v) is 10.8. The second kappa shape index (κ2) is 14.8. The summed E-state index contributed by atoms with van der Waals surface area (Å²) in [6, 6.07) is 28.1. The number of aryl methyl sites for hydroxylation is 1. The van der Waals surface area contributed by atoms with Crippen LogP contribution in [0, 0.1) is 6.92 Å². The van der Waals surface area contributed by atoms with E-state index in [-0.39, 0.29) is 22.9 Å². The lowest BCUT2D eigenvalue weighted by Crippen LogP contribution is -2.41. The molecular formula is C33H35N3O8S2. The molecule has 0 aromatic heterocycles. The summed E-state index contributed by atoms with van der Waals surface area (Å²) >= 11 is 0. The summed E-state index contributed by atoms with van der Waals surface area (Å²) < 4.78 is 72.2. The van der Waals surface area contributed by atoms with Crippen LogP contribution >= 0.6 is 0 Å². The maximum absolute atomic E-state index is 13.7. The van der Waals surface area contributed by atoms with E-state index in [1.54, 1.807) is 48.5 Å². The minimum atomic E-state index is -4.09. The Morgan fingerprint density at radius 1 is 0.783 bits per heavy atom. The van der Waals surface area contributed by atoms with Crippen LogP contribution in [0.15, 0.2) is 113 Å². The molecule has 0 unspecified atom stereocenters. The number of nitrogens with zero attached hydrogens (tertiary/aromatic N) is 2. The Morgan fingerprint density at radius 2 is 1.37 bits per heavy atom. The SMILES string of the molecule is Cc1ccc(S(=O)(=O)N(CC(=O)NCCOc2ccc(S(=O)(=O)N3CCOCC3)cc2)c2ccc(Oc3ccccc3)cc2)cc1. The number of benzene rings is 4. The van der Waals surface area contributed by atoms with E-state index in [9.17, 15) is 21.6 Å². The van der Waals surface area contributed by atoms with Gasteiger partial charge in [-0.3, -0.25) is 9.10 Å². The van der Waals surface area contributed by atoms with Gasteiger partial charge in [0.05, 0.1) is 35.2 Å². The van der Waals surface area contributed by atoms with E-state index in [1.807, 2.05) is 37.3 Å². The van der Waals surface area contributed by atoms with Crippen molar-refractivity contribution in [2.45, 2.75) is 16.7 Å². The van der Waals surface area contributed by atoms with Crippen molar-refractivity contribution in [1.82, 2.24) is 9.62 Å². The van der Waals surface area contributed by atoms with Gasteiger partial charge in [-0.1, -0.05) is 35.9 Å². The van der Waals surface area contributed by atoms with Crippen molar-refractivity contribution in [3.8, 4) is 17.2 Å². The highest BCUT2D eigenvalue weighted by molar-refractivity contribution is 7.92. The zero-order valence-electron chi connectivity index (χ0n) is 25.2. The Balaban J connectivity index is 1.21. The number of carbonyl (C=O) groups excluding carboxylic acids is 1. The van der Waals surface area contributed by atoms with Gasteiger partial charge in [0.15, 0.2) is 0 Å². The maximum Gasteiger partial charge on any atom is 0.264 e. The van der Waals surface area contributed by atoms with E-state index < -0.39 is 32.5 Å². The molecule has 4 aromatic carbocycles. The van der Waals surface area contributed by atoms with Crippen LogP contribution in [-0.2, 0) is 29.6 Å². The maximum atomic E-state index is 13.7. The number of amides is 1. The summed E-state index contributed by atoms with van der Waals surface area (Å²) in [6.07, 6.45) is 0. The van der Waals surface area contributed by atoms with Gasteiger partial charge >= 0.3 is 0 Å². The second-order valence-corrected chi connectivity index (χ2v) is 14.2. The van der Waals surface area contributed by atoms with E-state index in [0.29, 0.717) is 49.2 Å². The summed E-state index contributed by atoms with van der Waals surface area (Å²) in [5.41, 5.74) is 1.19. The zero-order valence-corrected chi connectivity index (χ0v) is 26.9. The number of morpholine rings is 1. The molecule has 0 spiro atoms. The molecule has 1 amide bonds. The van der Waals surface area contributed by atoms with Gasteiger partial charge in [-0.25, -0.2) is 16.8 Å². The Bertz CT molecular complexity index is 1810. The van der Waals surface area contributed by atoms with Crippen molar-refractivity contribution in [2.24, 2.45) is 0 Å². The number of sulfonamides is 2. The van der Waals surface area contributed by atoms with Gasteiger partial charge in [0.1, 0.15) is 30.4 Å². The molecule has 0 bridgehead atoms. The predicted octanol–water partition coefficient (Wildman–Crippen LogP) is 4.20. The number of hydrogen-bond acceptors (Lipinski definition) is 8.